The first-order chi connectivity index (χ1) is 13.8. The Morgan fingerprint density at radius 3 is 2.79 bits per heavy atom. The molecule has 0 saturated carbocycles. The number of benzene rings is 2. The number of hydrogen-bond acceptors (Lipinski definition) is 3. The minimum absolute atomic E-state index is 0.140. The largest absolute Gasteiger partial charge is 0.337 e. The second-order valence-electron chi connectivity index (χ2n) is 7.91. The van der Waals surface area contributed by atoms with Crippen LogP contribution in [0.1, 0.15) is 34.3 Å². The van der Waals surface area contributed by atoms with Gasteiger partial charge in [-0.25, -0.2) is 0 Å². The topological polar surface area (TPSA) is 36.4 Å². The number of likely N-dealkylation sites (tertiary alicyclic amines) is 1. The van der Waals surface area contributed by atoms with Crippen LogP contribution in [0.2, 0.25) is 0 Å². The van der Waals surface area contributed by atoms with Gasteiger partial charge in [-0.15, -0.1) is 0 Å². The molecule has 3 heterocycles. The van der Waals surface area contributed by atoms with E-state index in [1.54, 1.807) is 6.20 Å². The number of fused-ring (bicyclic) bond motifs is 2. The van der Waals surface area contributed by atoms with Crippen molar-refractivity contribution in [3.05, 3.63) is 77.5 Å². The van der Waals surface area contributed by atoms with Gasteiger partial charge in [-0.1, -0.05) is 36.4 Å². The Balaban J connectivity index is 1.35. The Bertz CT molecular complexity index is 1010. The summed E-state index contributed by atoms with van der Waals surface area (Å²) in [6.45, 7) is 3.75. The lowest BCUT2D eigenvalue weighted by molar-refractivity contribution is 0.0551. The molecule has 0 aliphatic carbocycles. The third-order valence-electron chi connectivity index (χ3n) is 6.24. The Morgan fingerprint density at radius 2 is 1.86 bits per heavy atom. The number of nitrogens with zero attached hydrogens (tertiary/aromatic N) is 3. The van der Waals surface area contributed by atoms with Crippen molar-refractivity contribution in [2.75, 3.05) is 19.6 Å². The summed E-state index contributed by atoms with van der Waals surface area (Å²) in [6, 6.07) is 19.0. The average Bonchev–Trinajstić information content (AvgIpc) is 2.78. The Morgan fingerprint density at radius 1 is 0.964 bits per heavy atom. The molecule has 1 fully saturated rings. The van der Waals surface area contributed by atoms with Crippen LogP contribution >= 0.6 is 0 Å². The highest BCUT2D eigenvalue weighted by Gasteiger charge is 2.30. The van der Waals surface area contributed by atoms with Crippen molar-refractivity contribution >= 4 is 16.8 Å². The lowest BCUT2D eigenvalue weighted by Gasteiger charge is -2.41. The molecule has 3 aromatic rings. The molecule has 0 spiro atoms. The molecule has 2 aliphatic rings. The van der Waals surface area contributed by atoms with Gasteiger partial charge in [0.2, 0.25) is 0 Å². The zero-order chi connectivity index (χ0) is 18.9. The van der Waals surface area contributed by atoms with Gasteiger partial charge < -0.3 is 4.90 Å². The first kappa shape index (κ1) is 17.4. The highest BCUT2D eigenvalue weighted by atomic mass is 16.2. The van der Waals surface area contributed by atoms with Crippen LogP contribution in [0.5, 0.6) is 0 Å². The third-order valence-corrected chi connectivity index (χ3v) is 6.24. The summed E-state index contributed by atoms with van der Waals surface area (Å²) in [4.78, 5) is 22.3. The first-order valence-corrected chi connectivity index (χ1v) is 10.2. The standard InChI is InChI=1S/C24H25N3O/c28-24(22-9-3-11-23-21(22)10-4-13-25-23)27-14-5-8-20(17-27)26-15-12-18-6-1-2-7-19(18)16-26/h1-4,6-7,9-11,13,20H,5,8,12,14-17H2. The normalized spacial score (nSPS) is 20.1. The van der Waals surface area contributed by atoms with E-state index in [0.29, 0.717) is 6.04 Å². The van der Waals surface area contributed by atoms with Crippen molar-refractivity contribution < 1.29 is 4.79 Å². The van der Waals surface area contributed by atoms with Crippen LogP contribution in [0.15, 0.2) is 60.8 Å². The Kier molecular flexibility index (Phi) is 4.57. The third kappa shape index (κ3) is 3.18. The van der Waals surface area contributed by atoms with Gasteiger partial charge in [0.15, 0.2) is 0 Å². The molecule has 1 amide bonds. The molecule has 5 rings (SSSR count). The fraction of sp³-hybridized carbons (Fsp3) is 0.333. The van der Waals surface area contributed by atoms with Crippen LogP contribution in [0.4, 0.5) is 0 Å². The molecule has 0 N–H and O–H groups in total. The number of carbonyl (C=O) groups is 1. The van der Waals surface area contributed by atoms with Crippen molar-refractivity contribution in [1.29, 1.82) is 0 Å². The van der Waals surface area contributed by atoms with Gasteiger partial charge in [-0.05, 0) is 48.6 Å². The zero-order valence-electron chi connectivity index (χ0n) is 16.1. The van der Waals surface area contributed by atoms with Gasteiger partial charge in [0.05, 0.1) is 5.52 Å². The van der Waals surface area contributed by atoms with E-state index >= 15 is 0 Å². The van der Waals surface area contributed by atoms with E-state index in [9.17, 15) is 4.79 Å². The fourth-order valence-corrected chi connectivity index (χ4v) is 4.73. The maximum Gasteiger partial charge on any atom is 0.254 e. The van der Waals surface area contributed by atoms with Gasteiger partial charge in [-0.3, -0.25) is 14.7 Å². The molecule has 0 radical (unpaired) electrons. The van der Waals surface area contributed by atoms with Crippen LogP contribution in [0, 0.1) is 0 Å². The number of aromatic nitrogens is 1. The molecule has 1 aromatic heterocycles. The lowest BCUT2D eigenvalue weighted by atomic mass is 9.95. The first-order valence-electron chi connectivity index (χ1n) is 10.2. The SMILES string of the molecule is O=C(c1cccc2ncccc12)N1CCCC(N2CCc3ccccc3C2)C1. The van der Waals surface area contributed by atoms with Crippen molar-refractivity contribution in [3.63, 3.8) is 0 Å². The lowest BCUT2D eigenvalue weighted by Crippen LogP contribution is -2.51. The minimum Gasteiger partial charge on any atom is -0.337 e. The maximum atomic E-state index is 13.3. The van der Waals surface area contributed by atoms with E-state index in [4.69, 9.17) is 0 Å². The van der Waals surface area contributed by atoms with Gasteiger partial charge in [0, 0.05) is 49.4 Å². The predicted molar refractivity (Wildman–Crippen MR) is 111 cm³/mol. The number of amides is 1. The van der Waals surface area contributed by atoms with Gasteiger partial charge in [-0.2, -0.15) is 0 Å². The quantitative estimate of drug-likeness (QED) is 0.686. The number of pyridine rings is 1. The van der Waals surface area contributed by atoms with Gasteiger partial charge >= 0.3 is 0 Å². The molecule has 142 valence electrons. The van der Waals surface area contributed by atoms with Crippen LogP contribution in [0.25, 0.3) is 10.9 Å². The minimum atomic E-state index is 0.140. The van der Waals surface area contributed by atoms with E-state index in [2.05, 4.69) is 39.0 Å². The van der Waals surface area contributed by atoms with Gasteiger partial charge in [0.1, 0.15) is 0 Å². The summed E-state index contributed by atoms with van der Waals surface area (Å²) in [5, 5.41) is 0.948. The summed E-state index contributed by atoms with van der Waals surface area (Å²) >= 11 is 0. The second kappa shape index (κ2) is 7.36. The highest BCUT2D eigenvalue weighted by Crippen LogP contribution is 2.26. The van der Waals surface area contributed by atoms with Crippen molar-refractivity contribution in [2.45, 2.75) is 31.8 Å². The van der Waals surface area contributed by atoms with Gasteiger partial charge in [0.25, 0.3) is 5.91 Å². The molecule has 0 bridgehead atoms. The molecule has 4 heteroatoms. The molecular weight excluding hydrogens is 346 g/mol. The molecule has 2 aromatic carbocycles. The second-order valence-corrected chi connectivity index (χ2v) is 7.91. The monoisotopic (exact) mass is 371 g/mol. The van der Waals surface area contributed by atoms with E-state index in [1.807, 2.05) is 30.3 Å². The zero-order valence-corrected chi connectivity index (χ0v) is 16.1. The molecule has 2 aliphatic heterocycles. The molecule has 1 unspecified atom stereocenters. The summed E-state index contributed by atoms with van der Waals surface area (Å²) in [5.41, 5.74) is 4.58. The van der Waals surface area contributed by atoms with E-state index in [1.165, 1.54) is 17.5 Å². The van der Waals surface area contributed by atoms with E-state index in [-0.39, 0.29) is 5.91 Å². The molecule has 1 atom stereocenters. The maximum absolute atomic E-state index is 13.3. The molecule has 1 saturated heterocycles. The van der Waals surface area contributed by atoms with Crippen LogP contribution in [-0.4, -0.2) is 46.4 Å². The Labute approximate surface area is 165 Å². The Hall–Kier alpha value is -2.72. The average molecular weight is 371 g/mol. The van der Waals surface area contributed by atoms with Crippen LogP contribution in [0.3, 0.4) is 0 Å². The number of piperidine rings is 1. The fourth-order valence-electron chi connectivity index (χ4n) is 4.73. The number of hydrogen-bond donors (Lipinski definition) is 0. The van der Waals surface area contributed by atoms with E-state index in [0.717, 1.165) is 55.5 Å². The van der Waals surface area contributed by atoms with Crippen molar-refractivity contribution in [2.24, 2.45) is 0 Å². The summed E-state index contributed by atoms with van der Waals surface area (Å²) in [6.07, 6.45) is 5.12. The molecular formula is C24H25N3O. The highest BCUT2D eigenvalue weighted by molar-refractivity contribution is 6.06. The van der Waals surface area contributed by atoms with Crippen molar-refractivity contribution in [3.8, 4) is 0 Å². The summed E-state index contributed by atoms with van der Waals surface area (Å²) in [7, 11) is 0. The molecule has 4 nitrogen and oxygen atoms in total. The van der Waals surface area contributed by atoms with Crippen molar-refractivity contribution in [1.82, 2.24) is 14.8 Å². The summed E-state index contributed by atoms with van der Waals surface area (Å²) < 4.78 is 0. The van der Waals surface area contributed by atoms with Crippen LogP contribution < -0.4 is 0 Å². The smallest absolute Gasteiger partial charge is 0.254 e. The van der Waals surface area contributed by atoms with E-state index < -0.39 is 0 Å². The summed E-state index contributed by atoms with van der Waals surface area (Å²) in [5.74, 6) is 0.140. The number of carbonyl (C=O) groups excluding carboxylic acids is 1. The van der Waals surface area contributed by atoms with Crippen LogP contribution in [-0.2, 0) is 13.0 Å². The number of rotatable bonds is 2. The molecule has 28 heavy (non-hydrogen) atoms. The predicted octanol–water partition coefficient (Wildman–Crippen LogP) is 3.90.